The van der Waals surface area contributed by atoms with Gasteiger partial charge in [-0.05, 0) is 43.2 Å². The number of hydrogen-bond acceptors (Lipinski definition) is 6. The second-order valence-electron chi connectivity index (χ2n) is 8.27. The lowest BCUT2D eigenvalue weighted by molar-refractivity contribution is -0.108. The van der Waals surface area contributed by atoms with Crippen molar-refractivity contribution in [1.82, 2.24) is 19.4 Å². The van der Waals surface area contributed by atoms with Gasteiger partial charge >= 0.3 is 0 Å². The van der Waals surface area contributed by atoms with Crippen LogP contribution in [-0.4, -0.2) is 58.4 Å². The Kier molecular flexibility index (Phi) is 6.82. The topological polar surface area (TPSA) is 66.3 Å². The fourth-order valence-electron chi connectivity index (χ4n) is 4.18. The van der Waals surface area contributed by atoms with E-state index >= 15 is 0 Å². The van der Waals surface area contributed by atoms with Crippen molar-refractivity contribution in [3.05, 3.63) is 42.2 Å². The molecular weight excluding hydrogens is 388 g/mol. The number of carbonyl (C=O) groups excluding carboxylic acids is 1. The number of aryl methyl sites for hydroxylation is 2. The van der Waals surface area contributed by atoms with Gasteiger partial charge in [0.2, 0.25) is 5.95 Å². The molecule has 1 aromatic carbocycles. The average Bonchev–Trinajstić information content (AvgIpc) is 3.10. The number of anilines is 3. The van der Waals surface area contributed by atoms with Crippen LogP contribution in [0.15, 0.2) is 36.7 Å². The Bertz CT molecular complexity index is 1000. The van der Waals surface area contributed by atoms with E-state index in [-0.39, 0.29) is 0 Å². The zero-order valence-electron chi connectivity index (χ0n) is 18.5. The zero-order chi connectivity index (χ0) is 21.6. The van der Waals surface area contributed by atoms with E-state index in [0.717, 1.165) is 62.2 Å². The summed E-state index contributed by atoms with van der Waals surface area (Å²) in [5.74, 6) is 0.623. The third kappa shape index (κ3) is 5.05. The van der Waals surface area contributed by atoms with E-state index in [1.807, 2.05) is 6.20 Å². The summed E-state index contributed by atoms with van der Waals surface area (Å²) in [5.41, 5.74) is 4.39. The molecule has 0 unspecified atom stereocenters. The maximum atomic E-state index is 10.7. The first kappa shape index (κ1) is 21.3. The standard InChI is InChI=1S/C24H32N6O/c1-3-4-5-10-30-18-19(2)22-17-25-24(27-23(22)30)26-20-6-8-21(9-7-20)29-13-11-28(12-14-29)15-16-31/h6-9,16-18H,3-5,10-15H2,1-2H3,(H,25,26,27). The first-order valence-electron chi connectivity index (χ1n) is 11.3. The van der Waals surface area contributed by atoms with Crippen LogP contribution in [0.25, 0.3) is 11.0 Å². The fraction of sp³-hybridized carbons (Fsp3) is 0.458. The molecule has 2 aromatic heterocycles. The van der Waals surface area contributed by atoms with Crippen LogP contribution in [-0.2, 0) is 11.3 Å². The van der Waals surface area contributed by atoms with Crippen LogP contribution in [0.1, 0.15) is 31.7 Å². The van der Waals surface area contributed by atoms with Crippen molar-refractivity contribution in [2.75, 3.05) is 42.9 Å². The highest BCUT2D eigenvalue weighted by molar-refractivity contribution is 5.80. The normalized spacial score (nSPS) is 14.8. The molecule has 7 heteroatoms. The van der Waals surface area contributed by atoms with Crippen molar-refractivity contribution in [2.45, 2.75) is 39.7 Å². The molecule has 4 rings (SSSR count). The Morgan fingerprint density at radius 3 is 2.58 bits per heavy atom. The molecule has 164 valence electrons. The Morgan fingerprint density at radius 2 is 1.87 bits per heavy atom. The summed E-state index contributed by atoms with van der Waals surface area (Å²) in [7, 11) is 0. The third-order valence-corrected chi connectivity index (χ3v) is 6.01. The number of piperazine rings is 1. The van der Waals surface area contributed by atoms with E-state index in [2.05, 4.69) is 69.0 Å². The fourth-order valence-corrected chi connectivity index (χ4v) is 4.18. The molecule has 1 aliphatic rings. The van der Waals surface area contributed by atoms with Crippen molar-refractivity contribution in [3.63, 3.8) is 0 Å². The molecule has 3 heterocycles. The summed E-state index contributed by atoms with van der Waals surface area (Å²) in [6.45, 7) is 9.58. The lowest BCUT2D eigenvalue weighted by atomic mass is 10.2. The smallest absolute Gasteiger partial charge is 0.229 e. The van der Waals surface area contributed by atoms with Gasteiger partial charge in [-0.1, -0.05) is 19.8 Å². The summed E-state index contributed by atoms with van der Waals surface area (Å²) in [6, 6.07) is 8.42. The third-order valence-electron chi connectivity index (χ3n) is 6.01. The number of fused-ring (bicyclic) bond motifs is 1. The maximum absolute atomic E-state index is 10.7. The lowest BCUT2D eigenvalue weighted by Gasteiger charge is -2.35. The predicted molar refractivity (Wildman–Crippen MR) is 126 cm³/mol. The summed E-state index contributed by atoms with van der Waals surface area (Å²) >= 11 is 0. The van der Waals surface area contributed by atoms with Gasteiger partial charge in [0, 0.05) is 61.9 Å². The minimum Gasteiger partial charge on any atom is -0.369 e. The van der Waals surface area contributed by atoms with Crippen LogP contribution in [0.4, 0.5) is 17.3 Å². The van der Waals surface area contributed by atoms with Gasteiger partial charge in [0.1, 0.15) is 11.9 Å². The molecule has 1 N–H and O–H groups in total. The molecule has 0 atom stereocenters. The van der Waals surface area contributed by atoms with Crippen molar-refractivity contribution < 1.29 is 4.79 Å². The van der Waals surface area contributed by atoms with E-state index in [0.29, 0.717) is 12.5 Å². The van der Waals surface area contributed by atoms with E-state index < -0.39 is 0 Å². The molecule has 0 radical (unpaired) electrons. The Morgan fingerprint density at radius 1 is 1.10 bits per heavy atom. The first-order valence-corrected chi connectivity index (χ1v) is 11.3. The highest BCUT2D eigenvalue weighted by Gasteiger charge is 2.16. The number of unbranched alkanes of at least 4 members (excludes halogenated alkanes) is 2. The quantitative estimate of drug-likeness (QED) is 0.417. The number of aromatic nitrogens is 3. The summed E-state index contributed by atoms with van der Waals surface area (Å²) in [4.78, 5) is 24.6. The van der Waals surface area contributed by atoms with Gasteiger partial charge in [-0.3, -0.25) is 4.90 Å². The second-order valence-corrected chi connectivity index (χ2v) is 8.27. The number of aldehydes is 1. The van der Waals surface area contributed by atoms with Gasteiger partial charge in [0.15, 0.2) is 0 Å². The molecule has 1 saturated heterocycles. The Labute approximate surface area is 184 Å². The van der Waals surface area contributed by atoms with Crippen molar-refractivity contribution in [1.29, 1.82) is 0 Å². The maximum Gasteiger partial charge on any atom is 0.229 e. The Hall–Kier alpha value is -2.93. The van der Waals surface area contributed by atoms with Crippen LogP contribution < -0.4 is 10.2 Å². The largest absolute Gasteiger partial charge is 0.369 e. The zero-order valence-corrected chi connectivity index (χ0v) is 18.5. The van der Waals surface area contributed by atoms with Crippen molar-refractivity contribution in [3.8, 4) is 0 Å². The highest BCUT2D eigenvalue weighted by Crippen LogP contribution is 2.24. The number of nitrogens with zero attached hydrogens (tertiary/aromatic N) is 5. The number of hydrogen-bond donors (Lipinski definition) is 1. The molecular formula is C24H32N6O. The van der Waals surface area contributed by atoms with E-state index in [1.54, 1.807) is 0 Å². The monoisotopic (exact) mass is 420 g/mol. The van der Waals surface area contributed by atoms with Gasteiger partial charge in [0.25, 0.3) is 0 Å². The first-order chi connectivity index (χ1) is 15.2. The molecule has 1 fully saturated rings. The van der Waals surface area contributed by atoms with Gasteiger partial charge in [0.05, 0.1) is 6.54 Å². The van der Waals surface area contributed by atoms with Gasteiger partial charge in [-0.2, -0.15) is 4.98 Å². The van der Waals surface area contributed by atoms with Crippen molar-refractivity contribution >= 4 is 34.6 Å². The van der Waals surface area contributed by atoms with Gasteiger partial charge < -0.3 is 19.6 Å². The molecule has 7 nitrogen and oxygen atoms in total. The number of nitrogens with one attached hydrogen (secondary N) is 1. The number of benzene rings is 1. The summed E-state index contributed by atoms with van der Waals surface area (Å²) in [6.07, 6.45) is 8.69. The highest BCUT2D eigenvalue weighted by atomic mass is 16.1. The minimum absolute atomic E-state index is 0.530. The van der Waals surface area contributed by atoms with Crippen LogP contribution in [0.3, 0.4) is 0 Å². The lowest BCUT2D eigenvalue weighted by Crippen LogP contribution is -2.46. The molecule has 0 bridgehead atoms. The van der Waals surface area contributed by atoms with Crippen LogP contribution in [0.5, 0.6) is 0 Å². The van der Waals surface area contributed by atoms with E-state index in [4.69, 9.17) is 4.98 Å². The number of rotatable bonds is 9. The Balaban J connectivity index is 1.43. The predicted octanol–water partition coefficient (Wildman–Crippen LogP) is 3.99. The van der Waals surface area contributed by atoms with E-state index in [9.17, 15) is 4.79 Å². The summed E-state index contributed by atoms with van der Waals surface area (Å²) < 4.78 is 2.25. The second kappa shape index (κ2) is 9.92. The molecule has 0 spiro atoms. The molecule has 31 heavy (non-hydrogen) atoms. The van der Waals surface area contributed by atoms with Crippen LogP contribution in [0, 0.1) is 6.92 Å². The van der Waals surface area contributed by atoms with Gasteiger partial charge in [-0.25, -0.2) is 4.98 Å². The molecule has 1 aliphatic heterocycles. The van der Waals surface area contributed by atoms with Crippen LogP contribution in [0.2, 0.25) is 0 Å². The molecule has 0 amide bonds. The van der Waals surface area contributed by atoms with Crippen molar-refractivity contribution in [2.24, 2.45) is 0 Å². The minimum atomic E-state index is 0.530. The SMILES string of the molecule is CCCCCn1cc(C)c2cnc(Nc3ccc(N4CCN(CC=O)CC4)cc3)nc21. The summed E-state index contributed by atoms with van der Waals surface area (Å²) in [5, 5.41) is 4.47. The number of carbonyl (C=O) groups is 1. The average molecular weight is 421 g/mol. The van der Waals surface area contributed by atoms with Crippen LogP contribution >= 0.6 is 0 Å². The molecule has 0 aliphatic carbocycles. The molecule has 0 saturated carbocycles. The molecule has 3 aromatic rings. The van der Waals surface area contributed by atoms with E-state index in [1.165, 1.54) is 24.1 Å². The van der Waals surface area contributed by atoms with Gasteiger partial charge in [-0.15, -0.1) is 0 Å².